The molecule has 2 unspecified atom stereocenters. The molecule has 0 aromatic heterocycles. The summed E-state index contributed by atoms with van der Waals surface area (Å²) in [5, 5.41) is 3.76. The third-order valence-corrected chi connectivity index (χ3v) is 3.60. The predicted octanol–water partition coefficient (Wildman–Crippen LogP) is 2.39. The van der Waals surface area contributed by atoms with E-state index in [2.05, 4.69) is 12.2 Å². The molecule has 0 aliphatic carbocycles. The molecule has 1 aromatic rings. The molecule has 1 aliphatic heterocycles. The molecule has 0 amide bonds. The van der Waals surface area contributed by atoms with E-state index in [1.54, 1.807) is 25.3 Å². The van der Waals surface area contributed by atoms with Crippen LogP contribution in [0.3, 0.4) is 0 Å². The van der Waals surface area contributed by atoms with Gasteiger partial charge in [0.05, 0.1) is 12.1 Å². The number of ketones is 1. The highest BCUT2D eigenvalue weighted by Gasteiger charge is 2.30. The average molecular weight is 254 g/mol. The van der Waals surface area contributed by atoms with Crippen LogP contribution in [-0.2, 0) is 0 Å². The van der Waals surface area contributed by atoms with E-state index in [1.807, 2.05) is 0 Å². The molecular formula is C13H16ClNO2. The molecule has 2 atom stereocenters. The molecule has 0 saturated carbocycles. The van der Waals surface area contributed by atoms with Crippen LogP contribution in [0.15, 0.2) is 18.2 Å². The fraction of sp³-hybridized carbons (Fsp3) is 0.462. The maximum Gasteiger partial charge on any atom is 0.167 e. The van der Waals surface area contributed by atoms with Crippen LogP contribution in [0, 0.1) is 11.8 Å². The zero-order valence-electron chi connectivity index (χ0n) is 10.00. The zero-order valence-corrected chi connectivity index (χ0v) is 10.8. The van der Waals surface area contributed by atoms with Gasteiger partial charge in [-0.1, -0.05) is 18.5 Å². The van der Waals surface area contributed by atoms with Crippen LogP contribution in [-0.4, -0.2) is 26.0 Å². The van der Waals surface area contributed by atoms with Crippen molar-refractivity contribution < 1.29 is 9.53 Å². The van der Waals surface area contributed by atoms with Crippen molar-refractivity contribution in [2.75, 3.05) is 20.2 Å². The van der Waals surface area contributed by atoms with Crippen LogP contribution in [0.2, 0.25) is 5.02 Å². The molecule has 1 aliphatic rings. The third kappa shape index (κ3) is 2.45. The van der Waals surface area contributed by atoms with Gasteiger partial charge >= 0.3 is 0 Å². The summed E-state index contributed by atoms with van der Waals surface area (Å²) in [6, 6.07) is 5.19. The molecule has 1 fully saturated rings. The largest absolute Gasteiger partial charge is 0.495 e. The molecule has 92 valence electrons. The van der Waals surface area contributed by atoms with Gasteiger partial charge in [0.25, 0.3) is 0 Å². The number of hydrogen-bond acceptors (Lipinski definition) is 3. The van der Waals surface area contributed by atoms with Crippen LogP contribution in [0.25, 0.3) is 0 Å². The molecule has 0 spiro atoms. The van der Waals surface area contributed by atoms with Gasteiger partial charge in [-0.3, -0.25) is 4.79 Å². The molecule has 1 aromatic carbocycles. The van der Waals surface area contributed by atoms with Crippen molar-refractivity contribution in [1.82, 2.24) is 5.32 Å². The van der Waals surface area contributed by atoms with Crippen molar-refractivity contribution in [2.24, 2.45) is 11.8 Å². The van der Waals surface area contributed by atoms with E-state index in [0.717, 1.165) is 13.1 Å². The van der Waals surface area contributed by atoms with Crippen molar-refractivity contribution >= 4 is 17.4 Å². The summed E-state index contributed by atoms with van der Waals surface area (Å²) in [4.78, 5) is 12.3. The summed E-state index contributed by atoms with van der Waals surface area (Å²) in [6.45, 7) is 3.75. The Labute approximate surface area is 106 Å². The summed E-state index contributed by atoms with van der Waals surface area (Å²) in [6.07, 6.45) is 0. The molecule has 4 heteroatoms. The zero-order chi connectivity index (χ0) is 12.4. The minimum Gasteiger partial charge on any atom is -0.495 e. The van der Waals surface area contributed by atoms with E-state index in [4.69, 9.17) is 16.3 Å². The molecule has 3 nitrogen and oxygen atoms in total. The summed E-state index contributed by atoms with van der Waals surface area (Å²) < 4.78 is 5.13. The molecule has 1 heterocycles. The number of halogens is 1. The Morgan fingerprint density at radius 2 is 2.24 bits per heavy atom. The second kappa shape index (κ2) is 5.07. The summed E-state index contributed by atoms with van der Waals surface area (Å²) in [5.41, 5.74) is 0.673. The second-order valence-corrected chi connectivity index (χ2v) is 4.86. The maximum absolute atomic E-state index is 12.3. The Hall–Kier alpha value is -1.06. The maximum atomic E-state index is 12.3. The van der Waals surface area contributed by atoms with Gasteiger partial charge in [0.1, 0.15) is 5.75 Å². The third-order valence-electron chi connectivity index (χ3n) is 3.29. The highest BCUT2D eigenvalue weighted by Crippen LogP contribution is 2.28. The van der Waals surface area contributed by atoms with Crippen molar-refractivity contribution in [3.63, 3.8) is 0 Å². The lowest BCUT2D eigenvalue weighted by Gasteiger charge is -2.13. The SMILES string of the molecule is COc1cc(C(=O)C2CNCC2C)ccc1Cl. The first-order valence-electron chi connectivity index (χ1n) is 5.72. The first-order valence-corrected chi connectivity index (χ1v) is 6.09. The fourth-order valence-electron chi connectivity index (χ4n) is 2.19. The van der Waals surface area contributed by atoms with Gasteiger partial charge in [0, 0.05) is 18.0 Å². The number of ether oxygens (including phenoxy) is 1. The summed E-state index contributed by atoms with van der Waals surface area (Å²) in [5.74, 6) is 1.15. The van der Waals surface area contributed by atoms with E-state index in [0.29, 0.717) is 22.3 Å². The van der Waals surface area contributed by atoms with E-state index >= 15 is 0 Å². The van der Waals surface area contributed by atoms with Crippen LogP contribution >= 0.6 is 11.6 Å². The predicted molar refractivity (Wildman–Crippen MR) is 67.9 cm³/mol. The topological polar surface area (TPSA) is 38.3 Å². The van der Waals surface area contributed by atoms with Crippen molar-refractivity contribution in [2.45, 2.75) is 6.92 Å². The molecular weight excluding hydrogens is 238 g/mol. The quantitative estimate of drug-likeness (QED) is 0.841. The lowest BCUT2D eigenvalue weighted by Crippen LogP contribution is -2.21. The van der Waals surface area contributed by atoms with Crippen LogP contribution in [0.5, 0.6) is 5.75 Å². The van der Waals surface area contributed by atoms with E-state index in [1.165, 1.54) is 0 Å². The Kier molecular flexibility index (Phi) is 3.69. The number of carbonyl (C=O) groups excluding carboxylic acids is 1. The molecule has 0 bridgehead atoms. The van der Waals surface area contributed by atoms with Crippen LogP contribution in [0.4, 0.5) is 0 Å². The standard InChI is InChI=1S/C13H16ClNO2/c1-8-6-15-7-10(8)13(16)9-3-4-11(14)12(5-9)17-2/h3-5,8,10,15H,6-7H2,1-2H3. The first kappa shape index (κ1) is 12.4. The molecule has 1 N–H and O–H groups in total. The van der Waals surface area contributed by atoms with Gasteiger partial charge in [-0.05, 0) is 30.7 Å². The van der Waals surface area contributed by atoms with Gasteiger partial charge in [0.2, 0.25) is 0 Å². The number of benzene rings is 1. The van der Waals surface area contributed by atoms with Gasteiger partial charge in [-0.15, -0.1) is 0 Å². The molecule has 17 heavy (non-hydrogen) atoms. The van der Waals surface area contributed by atoms with E-state index in [9.17, 15) is 4.79 Å². The Bertz CT molecular complexity index is 433. The van der Waals surface area contributed by atoms with Crippen molar-refractivity contribution in [3.8, 4) is 5.75 Å². The summed E-state index contributed by atoms with van der Waals surface area (Å²) in [7, 11) is 1.55. The van der Waals surface area contributed by atoms with E-state index in [-0.39, 0.29) is 11.7 Å². The Balaban J connectivity index is 2.24. The number of carbonyl (C=O) groups is 1. The highest BCUT2D eigenvalue weighted by atomic mass is 35.5. The average Bonchev–Trinajstić information content (AvgIpc) is 2.75. The molecule has 0 radical (unpaired) electrons. The van der Waals surface area contributed by atoms with Gasteiger partial charge in [0.15, 0.2) is 5.78 Å². The lowest BCUT2D eigenvalue weighted by molar-refractivity contribution is 0.0907. The smallest absolute Gasteiger partial charge is 0.167 e. The van der Waals surface area contributed by atoms with E-state index < -0.39 is 0 Å². The Morgan fingerprint density at radius 1 is 1.47 bits per heavy atom. The van der Waals surface area contributed by atoms with Crippen LogP contribution < -0.4 is 10.1 Å². The number of Topliss-reactive ketones (excluding diaryl/α,β-unsaturated/α-hetero) is 1. The van der Waals surface area contributed by atoms with Gasteiger partial charge in [-0.2, -0.15) is 0 Å². The minimum absolute atomic E-state index is 0.0564. The van der Waals surface area contributed by atoms with Gasteiger partial charge < -0.3 is 10.1 Å². The lowest BCUT2D eigenvalue weighted by atomic mass is 9.90. The van der Waals surface area contributed by atoms with Gasteiger partial charge in [-0.25, -0.2) is 0 Å². The first-order chi connectivity index (χ1) is 8.13. The Morgan fingerprint density at radius 3 is 2.82 bits per heavy atom. The van der Waals surface area contributed by atoms with Crippen molar-refractivity contribution in [3.05, 3.63) is 28.8 Å². The monoisotopic (exact) mass is 253 g/mol. The summed E-state index contributed by atoms with van der Waals surface area (Å²) >= 11 is 5.94. The van der Waals surface area contributed by atoms with Crippen molar-refractivity contribution in [1.29, 1.82) is 0 Å². The number of rotatable bonds is 3. The number of hydrogen-bond donors (Lipinski definition) is 1. The molecule has 2 rings (SSSR count). The number of methoxy groups -OCH3 is 1. The minimum atomic E-state index is 0.0564. The second-order valence-electron chi connectivity index (χ2n) is 4.46. The highest BCUT2D eigenvalue weighted by molar-refractivity contribution is 6.32. The normalized spacial score (nSPS) is 23.7. The number of nitrogens with one attached hydrogen (secondary N) is 1. The molecule has 1 saturated heterocycles. The van der Waals surface area contributed by atoms with Crippen LogP contribution in [0.1, 0.15) is 17.3 Å². The fourth-order valence-corrected chi connectivity index (χ4v) is 2.38.